The van der Waals surface area contributed by atoms with Crippen molar-refractivity contribution in [1.82, 2.24) is 0 Å². The molecule has 4 heteroatoms. The zero-order valence-corrected chi connectivity index (χ0v) is 11.6. The number of rotatable bonds is 4. The lowest BCUT2D eigenvalue weighted by molar-refractivity contribution is -0.132. The Morgan fingerprint density at radius 1 is 1.32 bits per heavy atom. The van der Waals surface area contributed by atoms with Gasteiger partial charge in [0.2, 0.25) is 0 Å². The lowest BCUT2D eigenvalue weighted by atomic mass is 10.0. The number of hydrogen-bond acceptors (Lipinski definition) is 3. The summed E-state index contributed by atoms with van der Waals surface area (Å²) in [6.45, 7) is 1.44. The maximum atomic E-state index is 11.2. The highest BCUT2D eigenvalue weighted by Gasteiger charge is 2.12. The third kappa shape index (κ3) is 3.70. The number of fused-ring (bicyclic) bond motifs is 1. The summed E-state index contributed by atoms with van der Waals surface area (Å²) in [5.74, 6) is -0.754. The van der Waals surface area contributed by atoms with E-state index in [1.54, 1.807) is 6.08 Å². The number of carbonyl (C=O) groups excluding carboxylic acids is 1. The van der Waals surface area contributed by atoms with Gasteiger partial charge in [0.25, 0.3) is 0 Å². The van der Waals surface area contributed by atoms with Crippen LogP contribution in [-0.4, -0.2) is 21.9 Å². The van der Waals surface area contributed by atoms with Crippen molar-refractivity contribution in [3.63, 3.8) is 0 Å². The molecule has 0 radical (unpaired) electrons. The topological polar surface area (TPSA) is 54.4 Å². The molecule has 2 rings (SSSR count). The first kappa shape index (κ1) is 13.9. The van der Waals surface area contributed by atoms with Gasteiger partial charge in [0.05, 0.1) is 0 Å². The SMILES string of the molecule is CC(=O)SCC(=Cc1ccc2c(c1)CCC2)C(=O)O. The summed E-state index contributed by atoms with van der Waals surface area (Å²) in [6, 6.07) is 6.08. The number of aliphatic carboxylic acids is 1. The summed E-state index contributed by atoms with van der Waals surface area (Å²) in [4.78, 5) is 22.1. The van der Waals surface area contributed by atoms with Gasteiger partial charge >= 0.3 is 5.97 Å². The van der Waals surface area contributed by atoms with E-state index in [0.717, 1.165) is 30.2 Å². The number of thioether (sulfide) groups is 1. The molecular formula is C15H16O3S. The highest BCUT2D eigenvalue weighted by molar-refractivity contribution is 8.13. The van der Waals surface area contributed by atoms with Crippen LogP contribution in [0.1, 0.15) is 30.0 Å². The first-order chi connectivity index (χ1) is 9.06. The van der Waals surface area contributed by atoms with Crippen LogP contribution in [-0.2, 0) is 22.4 Å². The Balaban J connectivity index is 2.20. The highest BCUT2D eigenvalue weighted by Crippen LogP contribution is 2.24. The van der Waals surface area contributed by atoms with E-state index in [9.17, 15) is 9.59 Å². The molecule has 0 bridgehead atoms. The van der Waals surface area contributed by atoms with Gasteiger partial charge in [0.15, 0.2) is 5.12 Å². The van der Waals surface area contributed by atoms with E-state index in [2.05, 4.69) is 12.1 Å². The number of carbonyl (C=O) groups is 2. The first-order valence-electron chi connectivity index (χ1n) is 6.25. The molecule has 0 saturated heterocycles. The average Bonchev–Trinajstić information content (AvgIpc) is 2.81. The predicted molar refractivity (Wildman–Crippen MR) is 77.2 cm³/mol. The molecule has 0 fully saturated rings. The van der Waals surface area contributed by atoms with Crippen molar-refractivity contribution in [1.29, 1.82) is 0 Å². The fourth-order valence-electron chi connectivity index (χ4n) is 2.23. The molecule has 3 nitrogen and oxygen atoms in total. The minimum Gasteiger partial charge on any atom is -0.478 e. The van der Waals surface area contributed by atoms with Crippen LogP contribution in [0.15, 0.2) is 23.8 Å². The smallest absolute Gasteiger partial charge is 0.332 e. The number of carboxylic acid groups (broad SMARTS) is 1. The molecule has 100 valence electrons. The molecule has 0 aromatic heterocycles. The van der Waals surface area contributed by atoms with Crippen molar-refractivity contribution in [2.45, 2.75) is 26.2 Å². The van der Waals surface area contributed by atoms with Gasteiger partial charge in [-0.05, 0) is 42.0 Å². The quantitative estimate of drug-likeness (QED) is 0.859. The van der Waals surface area contributed by atoms with Crippen molar-refractivity contribution in [2.75, 3.05) is 5.75 Å². The van der Waals surface area contributed by atoms with Crippen LogP contribution in [0.2, 0.25) is 0 Å². The Bertz CT molecular complexity index is 546. The van der Waals surface area contributed by atoms with Crippen molar-refractivity contribution < 1.29 is 14.7 Å². The van der Waals surface area contributed by atoms with Crippen molar-refractivity contribution in [2.24, 2.45) is 0 Å². The standard InChI is InChI=1S/C15H16O3S/c1-10(16)19-9-14(15(17)18)8-11-5-6-12-3-2-4-13(12)7-11/h5-8H,2-4,9H2,1H3,(H,17,18). The average molecular weight is 276 g/mol. The number of hydrogen-bond donors (Lipinski definition) is 1. The highest BCUT2D eigenvalue weighted by atomic mass is 32.2. The zero-order valence-electron chi connectivity index (χ0n) is 10.8. The Labute approximate surface area is 116 Å². The molecule has 1 aromatic rings. The maximum Gasteiger partial charge on any atom is 0.332 e. The number of carboxylic acids is 1. The van der Waals surface area contributed by atoms with Crippen LogP contribution < -0.4 is 0 Å². The van der Waals surface area contributed by atoms with E-state index >= 15 is 0 Å². The fraction of sp³-hybridized carbons (Fsp3) is 0.333. The monoisotopic (exact) mass is 276 g/mol. The van der Waals surface area contributed by atoms with Gasteiger partial charge in [-0.2, -0.15) is 0 Å². The minimum absolute atomic E-state index is 0.0684. The molecule has 0 amide bonds. The second-order valence-corrected chi connectivity index (χ2v) is 5.79. The predicted octanol–water partition coefficient (Wildman–Crippen LogP) is 2.92. The zero-order chi connectivity index (χ0) is 13.8. The lowest BCUT2D eigenvalue weighted by Gasteiger charge is -2.03. The van der Waals surface area contributed by atoms with Gasteiger partial charge in [-0.3, -0.25) is 4.79 Å². The second-order valence-electron chi connectivity index (χ2n) is 4.64. The molecule has 0 atom stereocenters. The summed E-state index contributed by atoms with van der Waals surface area (Å²) in [7, 11) is 0. The van der Waals surface area contributed by atoms with E-state index in [0.29, 0.717) is 0 Å². The third-order valence-electron chi connectivity index (χ3n) is 3.17. The van der Waals surface area contributed by atoms with E-state index in [-0.39, 0.29) is 16.4 Å². The Hall–Kier alpha value is -1.55. The molecule has 0 saturated carbocycles. The molecule has 0 aliphatic heterocycles. The molecule has 1 aliphatic rings. The van der Waals surface area contributed by atoms with Crippen molar-refractivity contribution in [3.05, 3.63) is 40.5 Å². The maximum absolute atomic E-state index is 11.2. The van der Waals surface area contributed by atoms with Crippen molar-refractivity contribution >= 4 is 28.9 Å². The van der Waals surface area contributed by atoms with Crippen LogP contribution in [0.4, 0.5) is 0 Å². The van der Waals surface area contributed by atoms with Gasteiger partial charge in [0, 0.05) is 18.2 Å². The fourth-order valence-corrected chi connectivity index (χ4v) is 2.79. The van der Waals surface area contributed by atoms with Crippen LogP contribution in [0.5, 0.6) is 0 Å². The largest absolute Gasteiger partial charge is 0.478 e. The Morgan fingerprint density at radius 3 is 2.74 bits per heavy atom. The van der Waals surface area contributed by atoms with Crippen LogP contribution in [0, 0.1) is 0 Å². The Kier molecular flexibility index (Phi) is 4.43. The first-order valence-corrected chi connectivity index (χ1v) is 7.24. The third-order valence-corrected chi connectivity index (χ3v) is 4.03. The molecule has 0 spiro atoms. The normalized spacial score (nSPS) is 14.3. The molecular weight excluding hydrogens is 260 g/mol. The minimum atomic E-state index is -0.964. The summed E-state index contributed by atoms with van der Waals surface area (Å²) in [6.07, 6.45) is 5.03. The summed E-state index contributed by atoms with van der Waals surface area (Å²) >= 11 is 1.02. The van der Waals surface area contributed by atoms with E-state index in [4.69, 9.17) is 5.11 Å². The van der Waals surface area contributed by atoms with Crippen molar-refractivity contribution in [3.8, 4) is 0 Å². The molecule has 0 unspecified atom stereocenters. The summed E-state index contributed by atoms with van der Waals surface area (Å²) < 4.78 is 0. The van der Waals surface area contributed by atoms with Gasteiger partial charge in [0.1, 0.15) is 0 Å². The number of aryl methyl sites for hydroxylation is 2. The summed E-state index contributed by atoms with van der Waals surface area (Å²) in [5, 5.41) is 9.08. The van der Waals surface area contributed by atoms with Gasteiger partial charge in [-0.1, -0.05) is 30.0 Å². The van der Waals surface area contributed by atoms with Gasteiger partial charge in [-0.15, -0.1) is 0 Å². The van der Waals surface area contributed by atoms with E-state index < -0.39 is 5.97 Å². The van der Waals surface area contributed by atoms with E-state index in [1.165, 1.54) is 24.5 Å². The molecule has 0 heterocycles. The second kappa shape index (κ2) is 6.06. The number of benzene rings is 1. The lowest BCUT2D eigenvalue weighted by Crippen LogP contribution is -2.04. The summed E-state index contributed by atoms with van der Waals surface area (Å²) in [5.41, 5.74) is 3.85. The van der Waals surface area contributed by atoms with Gasteiger partial charge in [-0.25, -0.2) is 4.79 Å². The molecule has 1 aromatic carbocycles. The van der Waals surface area contributed by atoms with Crippen LogP contribution >= 0.6 is 11.8 Å². The van der Waals surface area contributed by atoms with Gasteiger partial charge < -0.3 is 5.11 Å². The molecule has 1 N–H and O–H groups in total. The Morgan fingerprint density at radius 2 is 2.05 bits per heavy atom. The van der Waals surface area contributed by atoms with Crippen LogP contribution in [0.3, 0.4) is 0 Å². The van der Waals surface area contributed by atoms with E-state index in [1.807, 2.05) is 6.07 Å². The molecule has 19 heavy (non-hydrogen) atoms. The van der Waals surface area contributed by atoms with Crippen LogP contribution in [0.25, 0.3) is 6.08 Å². The molecule has 1 aliphatic carbocycles.